The van der Waals surface area contributed by atoms with E-state index in [0.29, 0.717) is 17.1 Å². The van der Waals surface area contributed by atoms with E-state index in [9.17, 15) is 22.8 Å². The number of benzene rings is 1. The lowest BCUT2D eigenvalue weighted by Crippen LogP contribution is -2.23. The number of carbonyl (C=O) groups is 1. The van der Waals surface area contributed by atoms with Crippen LogP contribution in [0.4, 0.5) is 18.9 Å². The van der Waals surface area contributed by atoms with Crippen molar-refractivity contribution in [1.82, 2.24) is 4.98 Å². The Hall–Kier alpha value is -3.49. The molecule has 0 saturated heterocycles. The fraction of sp³-hybridized carbons (Fsp3) is 0.111. The number of halogens is 3. The van der Waals surface area contributed by atoms with Gasteiger partial charge in [-0.2, -0.15) is 13.2 Å². The van der Waals surface area contributed by atoms with Gasteiger partial charge in [0, 0.05) is 5.69 Å². The van der Waals surface area contributed by atoms with E-state index in [1.807, 2.05) is 0 Å². The number of hydrogen-bond acceptors (Lipinski definition) is 4. The highest BCUT2D eigenvalue weighted by Gasteiger charge is 2.28. The van der Waals surface area contributed by atoms with Gasteiger partial charge < -0.3 is 19.5 Å². The smallest absolute Gasteiger partial charge is 0.422 e. The van der Waals surface area contributed by atoms with Crippen LogP contribution >= 0.6 is 0 Å². The first-order valence-corrected chi connectivity index (χ1v) is 7.70. The first-order valence-electron chi connectivity index (χ1n) is 7.70. The Balaban J connectivity index is 1.67. The highest BCUT2D eigenvalue weighted by atomic mass is 19.4. The van der Waals surface area contributed by atoms with Crippen LogP contribution in [0.5, 0.6) is 5.75 Å². The lowest BCUT2D eigenvalue weighted by atomic mass is 10.2. The van der Waals surface area contributed by atoms with Gasteiger partial charge in [-0.15, -0.1) is 0 Å². The number of anilines is 1. The number of pyridine rings is 1. The molecule has 0 fully saturated rings. The minimum atomic E-state index is -4.43. The van der Waals surface area contributed by atoms with E-state index < -0.39 is 24.2 Å². The molecule has 3 aromatic rings. The molecule has 2 N–H and O–H groups in total. The number of carbonyl (C=O) groups excluding carboxylic acids is 1. The molecule has 9 heteroatoms. The zero-order chi connectivity index (χ0) is 19.4. The monoisotopic (exact) mass is 378 g/mol. The summed E-state index contributed by atoms with van der Waals surface area (Å²) in [5.74, 6) is -0.203. The molecule has 6 nitrogen and oxygen atoms in total. The first-order chi connectivity index (χ1) is 12.8. The third-order valence-electron chi connectivity index (χ3n) is 3.46. The summed E-state index contributed by atoms with van der Waals surface area (Å²) in [7, 11) is 0. The van der Waals surface area contributed by atoms with Gasteiger partial charge >= 0.3 is 6.18 Å². The second-order valence-electron chi connectivity index (χ2n) is 5.47. The summed E-state index contributed by atoms with van der Waals surface area (Å²) in [6.07, 6.45) is -2.98. The summed E-state index contributed by atoms with van der Waals surface area (Å²) in [5, 5.41) is 2.49. The average molecular weight is 378 g/mol. The molecular formula is C18H13F3N2O4. The van der Waals surface area contributed by atoms with Crippen molar-refractivity contribution in [3.8, 4) is 17.2 Å². The van der Waals surface area contributed by atoms with Crippen LogP contribution in [0.3, 0.4) is 0 Å². The van der Waals surface area contributed by atoms with Gasteiger partial charge in [-0.05, 0) is 48.5 Å². The second-order valence-corrected chi connectivity index (χ2v) is 5.47. The average Bonchev–Trinajstić information content (AvgIpc) is 3.15. The quantitative estimate of drug-likeness (QED) is 0.707. The Bertz CT molecular complexity index is 977. The predicted octanol–water partition coefficient (Wildman–Crippen LogP) is 3.83. The molecule has 3 rings (SSSR count). The number of nitrogens with one attached hydrogen (secondary N) is 2. The van der Waals surface area contributed by atoms with Gasteiger partial charge in [0.25, 0.3) is 11.5 Å². The highest BCUT2D eigenvalue weighted by Crippen LogP contribution is 2.21. The summed E-state index contributed by atoms with van der Waals surface area (Å²) >= 11 is 0. The largest absolute Gasteiger partial charge is 0.484 e. The Labute approximate surface area is 150 Å². The van der Waals surface area contributed by atoms with Crippen LogP contribution in [0, 0.1) is 0 Å². The van der Waals surface area contributed by atoms with Crippen molar-refractivity contribution in [2.75, 3.05) is 11.9 Å². The summed E-state index contributed by atoms with van der Waals surface area (Å²) in [4.78, 5) is 26.9. The van der Waals surface area contributed by atoms with Gasteiger partial charge in [0.15, 0.2) is 6.61 Å². The molecule has 0 unspecified atom stereocenters. The molecule has 2 heterocycles. The number of furan rings is 1. The molecule has 1 amide bonds. The van der Waals surface area contributed by atoms with Crippen molar-refractivity contribution in [1.29, 1.82) is 0 Å². The van der Waals surface area contributed by atoms with Crippen molar-refractivity contribution in [3.05, 3.63) is 70.7 Å². The van der Waals surface area contributed by atoms with Crippen LogP contribution in [0.25, 0.3) is 11.5 Å². The van der Waals surface area contributed by atoms with Gasteiger partial charge in [0.1, 0.15) is 17.1 Å². The Morgan fingerprint density at radius 1 is 1.11 bits per heavy atom. The van der Waals surface area contributed by atoms with Crippen LogP contribution < -0.4 is 15.6 Å². The van der Waals surface area contributed by atoms with E-state index in [-0.39, 0.29) is 11.3 Å². The van der Waals surface area contributed by atoms with Gasteiger partial charge in [-0.3, -0.25) is 9.59 Å². The van der Waals surface area contributed by atoms with Crippen LogP contribution in [0.15, 0.2) is 64.0 Å². The lowest BCUT2D eigenvalue weighted by Gasteiger charge is -2.10. The molecule has 0 bridgehead atoms. The zero-order valence-corrected chi connectivity index (χ0v) is 13.7. The van der Waals surface area contributed by atoms with Gasteiger partial charge in [0.05, 0.1) is 12.0 Å². The fourth-order valence-corrected chi connectivity index (χ4v) is 2.23. The van der Waals surface area contributed by atoms with E-state index in [2.05, 4.69) is 15.0 Å². The predicted molar refractivity (Wildman–Crippen MR) is 90.7 cm³/mol. The molecular weight excluding hydrogens is 365 g/mol. The Kier molecular flexibility index (Phi) is 5.02. The number of amides is 1. The third-order valence-corrected chi connectivity index (χ3v) is 3.46. The molecule has 0 spiro atoms. The zero-order valence-electron chi connectivity index (χ0n) is 13.7. The number of H-pyrrole nitrogens is 1. The van der Waals surface area contributed by atoms with Crippen LogP contribution in [0.2, 0.25) is 0 Å². The highest BCUT2D eigenvalue weighted by molar-refractivity contribution is 6.04. The number of aromatic amines is 1. The number of ether oxygens (including phenoxy) is 1. The van der Waals surface area contributed by atoms with Crippen molar-refractivity contribution in [3.63, 3.8) is 0 Å². The maximum Gasteiger partial charge on any atom is 0.422 e. The van der Waals surface area contributed by atoms with Gasteiger partial charge in [-0.25, -0.2) is 0 Å². The summed E-state index contributed by atoms with van der Waals surface area (Å²) < 4.78 is 46.1. The maximum absolute atomic E-state index is 12.2. The van der Waals surface area contributed by atoms with Gasteiger partial charge in [-0.1, -0.05) is 0 Å². The van der Waals surface area contributed by atoms with Crippen molar-refractivity contribution >= 4 is 11.6 Å². The molecule has 27 heavy (non-hydrogen) atoms. The summed E-state index contributed by atoms with van der Waals surface area (Å²) in [6, 6.07) is 11.5. The van der Waals surface area contributed by atoms with E-state index in [4.69, 9.17) is 4.42 Å². The third kappa shape index (κ3) is 4.78. The van der Waals surface area contributed by atoms with Crippen LogP contribution in [-0.2, 0) is 0 Å². The van der Waals surface area contributed by atoms with Crippen LogP contribution in [0.1, 0.15) is 10.4 Å². The molecule has 0 aliphatic heterocycles. The molecule has 0 aliphatic carbocycles. The van der Waals surface area contributed by atoms with Crippen molar-refractivity contribution < 1.29 is 27.1 Å². The van der Waals surface area contributed by atoms with Crippen molar-refractivity contribution in [2.45, 2.75) is 6.18 Å². The molecule has 2 aromatic heterocycles. The molecule has 0 atom stereocenters. The number of rotatable bonds is 5. The molecule has 0 radical (unpaired) electrons. The van der Waals surface area contributed by atoms with E-state index in [0.717, 1.165) is 0 Å². The molecule has 0 aliphatic rings. The molecule has 0 saturated carbocycles. The summed E-state index contributed by atoms with van der Waals surface area (Å²) in [6.45, 7) is -1.41. The van der Waals surface area contributed by atoms with Crippen molar-refractivity contribution in [2.24, 2.45) is 0 Å². The van der Waals surface area contributed by atoms with Crippen LogP contribution in [-0.4, -0.2) is 23.7 Å². The Morgan fingerprint density at radius 3 is 2.44 bits per heavy atom. The van der Waals surface area contributed by atoms with Gasteiger partial charge in [0.2, 0.25) is 0 Å². The minimum Gasteiger partial charge on any atom is -0.484 e. The normalized spacial score (nSPS) is 11.2. The Morgan fingerprint density at radius 2 is 1.85 bits per heavy atom. The number of aromatic nitrogens is 1. The molecule has 140 valence electrons. The maximum atomic E-state index is 12.2. The standard InChI is InChI=1S/C18H13F3N2O4/c19-18(20,21)10-27-12-5-3-11(4-6-12)22-16(24)13-7-8-14(23-17(13)25)15-2-1-9-26-15/h1-9H,10H2,(H,22,24)(H,23,25). The van der Waals surface area contributed by atoms with E-state index in [1.165, 1.54) is 42.7 Å². The van der Waals surface area contributed by atoms with E-state index in [1.54, 1.807) is 12.1 Å². The second kappa shape index (κ2) is 7.40. The summed E-state index contributed by atoms with van der Waals surface area (Å²) in [5.41, 5.74) is -0.00387. The minimum absolute atomic E-state index is 0.00553. The lowest BCUT2D eigenvalue weighted by molar-refractivity contribution is -0.153. The number of alkyl halides is 3. The number of hydrogen-bond donors (Lipinski definition) is 2. The van der Waals surface area contributed by atoms with E-state index >= 15 is 0 Å². The topological polar surface area (TPSA) is 84.3 Å². The fourth-order valence-electron chi connectivity index (χ4n) is 2.23. The molecule has 1 aromatic carbocycles. The SMILES string of the molecule is O=C(Nc1ccc(OCC(F)(F)F)cc1)c1ccc(-c2ccco2)[nH]c1=O. The first kappa shape index (κ1) is 18.3.